The van der Waals surface area contributed by atoms with Crippen LogP contribution in [0.25, 0.3) is 11.4 Å². The topological polar surface area (TPSA) is 109 Å². The van der Waals surface area contributed by atoms with Crippen molar-refractivity contribution in [3.63, 3.8) is 0 Å². The molecule has 1 saturated heterocycles. The van der Waals surface area contributed by atoms with Gasteiger partial charge in [0.15, 0.2) is 5.82 Å². The van der Waals surface area contributed by atoms with E-state index in [-0.39, 0.29) is 23.7 Å². The van der Waals surface area contributed by atoms with Crippen LogP contribution < -0.4 is 15.5 Å². The molecule has 1 saturated carbocycles. The molecule has 0 spiro atoms. The molecule has 1 aliphatic carbocycles. The number of halogens is 1. The van der Waals surface area contributed by atoms with Gasteiger partial charge in [0.05, 0.1) is 11.9 Å². The number of hydrogen-bond acceptors (Lipinski definition) is 7. The highest BCUT2D eigenvalue weighted by atomic mass is 19.1. The van der Waals surface area contributed by atoms with Crippen molar-refractivity contribution in [1.82, 2.24) is 20.3 Å². The number of nitrogens with one attached hydrogen (secondary N) is 2. The first kappa shape index (κ1) is 24.8. The maximum Gasteiger partial charge on any atom is 0.407 e. The van der Waals surface area contributed by atoms with Gasteiger partial charge in [0.1, 0.15) is 17.1 Å². The molecule has 2 N–H and O–H groups in total. The number of ether oxygens (including phenoxy) is 1. The molecule has 2 aliphatic rings. The summed E-state index contributed by atoms with van der Waals surface area (Å²) in [5, 5.41) is 6.22. The standard InChI is InChI=1S/C25H33FN6O3/c1-25(2,3)35-24(34)29-17-12-10-16(11-13-17)28-23-27-15-18(26)22(31-23)19-7-6-8-20(30-19)32-14-5-4-9-21(32)33/h6-8,15-17H,4-5,9-14H2,1-3H3,(H,29,34)(H,27,28,31). The zero-order chi connectivity index (χ0) is 25.0. The van der Waals surface area contributed by atoms with Crippen LogP contribution in [-0.2, 0) is 9.53 Å². The van der Waals surface area contributed by atoms with Crippen molar-refractivity contribution in [3.8, 4) is 11.4 Å². The summed E-state index contributed by atoms with van der Waals surface area (Å²) < 4.78 is 20.0. The molecule has 188 valence electrons. The molecule has 2 aromatic heterocycles. The zero-order valence-corrected chi connectivity index (χ0v) is 20.5. The van der Waals surface area contributed by atoms with Crippen molar-refractivity contribution in [3.05, 3.63) is 30.2 Å². The van der Waals surface area contributed by atoms with E-state index in [4.69, 9.17) is 4.74 Å². The summed E-state index contributed by atoms with van der Waals surface area (Å²) in [7, 11) is 0. The molecular weight excluding hydrogens is 451 g/mol. The molecule has 2 fully saturated rings. The molecule has 0 aromatic carbocycles. The van der Waals surface area contributed by atoms with Crippen molar-refractivity contribution in [2.24, 2.45) is 0 Å². The van der Waals surface area contributed by atoms with Gasteiger partial charge >= 0.3 is 6.09 Å². The molecule has 0 unspecified atom stereocenters. The second kappa shape index (κ2) is 10.5. The number of nitrogens with zero attached hydrogens (tertiary/aromatic N) is 4. The van der Waals surface area contributed by atoms with Crippen LogP contribution in [0.5, 0.6) is 0 Å². The van der Waals surface area contributed by atoms with Crippen molar-refractivity contribution in [2.45, 2.75) is 83.4 Å². The summed E-state index contributed by atoms with van der Waals surface area (Å²) in [6.07, 6.45) is 6.23. The molecule has 2 aromatic rings. The highest BCUT2D eigenvalue weighted by Crippen LogP contribution is 2.26. The van der Waals surface area contributed by atoms with Crippen LogP contribution in [0.4, 0.5) is 21.0 Å². The van der Waals surface area contributed by atoms with Crippen LogP contribution in [0.3, 0.4) is 0 Å². The van der Waals surface area contributed by atoms with Crippen LogP contribution in [0.1, 0.15) is 65.7 Å². The number of piperidine rings is 1. The van der Waals surface area contributed by atoms with E-state index < -0.39 is 17.5 Å². The maximum absolute atomic E-state index is 14.6. The van der Waals surface area contributed by atoms with Crippen molar-refractivity contribution in [2.75, 3.05) is 16.8 Å². The number of pyridine rings is 1. The van der Waals surface area contributed by atoms with Gasteiger partial charge in [-0.2, -0.15) is 0 Å². The van der Waals surface area contributed by atoms with Crippen molar-refractivity contribution in [1.29, 1.82) is 0 Å². The Kier molecular flexibility index (Phi) is 7.47. The highest BCUT2D eigenvalue weighted by Gasteiger charge is 2.26. The molecule has 2 amide bonds. The van der Waals surface area contributed by atoms with E-state index in [0.717, 1.165) is 44.7 Å². The van der Waals surface area contributed by atoms with Crippen LogP contribution >= 0.6 is 0 Å². The predicted molar refractivity (Wildman–Crippen MR) is 130 cm³/mol. The molecule has 10 heteroatoms. The van der Waals surface area contributed by atoms with E-state index in [0.29, 0.717) is 30.4 Å². The lowest BCUT2D eigenvalue weighted by molar-refractivity contribution is -0.119. The summed E-state index contributed by atoms with van der Waals surface area (Å²) in [4.78, 5) is 39.0. The van der Waals surface area contributed by atoms with Crippen molar-refractivity contribution < 1.29 is 18.7 Å². The Morgan fingerprint density at radius 3 is 2.57 bits per heavy atom. The lowest BCUT2D eigenvalue weighted by atomic mass is 9.91. The largest absolute Gasteiger partial charge is 0.444 e. The third-order valence-electron chi connectivity index (χ3n) is 6.10. The normalized spacial score (nSPS) is 20.9. The first-order valence-corrected chi connectivity index (χ1v) is 12.2. The molecule has 0 bridgehead atoms. The van der Waals surface area contributed by atoms with Gasteiger partial charge in [-0.3, -0.25) is 9.69 Å². The Bertz CT molecular complexity index is 1070. The molecule has 0 atom stereocenters. The Hall–Kier alpha value is -3.30. The van der Waals surface area contributed by atoms with Crippen LogP contribution in [-0.4, -0.2) is 51.2 Å². The van der Waals surface area contributed by atoms with Gasteiger partial charge in [-0.15, -0.1) is 0 Å². The van der Waals surface area contributed by atoms with E-state index in [9.17, 15) is 14.0 Å². The Morgan fingerprint density at radius 2 is 1.86 bits per heavy atom. The van der Waals surface area contributed by atoms with E-state index >= 15 is 0 Å². The molecule has 0 radical (unpaired) electrons. The van der Waals surface area contributed by atoms with Crippen LogP contribution in [0.2, 0.25) is 0 Å². The van der Waals surface area contributed by atoms with E-state index in [1.807, 2.05) is 20.8 Å². The Morgan fingerprint density at radius 1 is 1.11 bits per heavy atom. The summed E-state index contributed by atoms with van der Waals surface area (Å²) >= 11 is 0. The third kappa shape index (κ3) is 6.64. The van der Waals surface area contributed by atoms with Gasteiger partial charge in [0.25, 0.3) is 0 Å². The Labute approximate surface area is 204 Å². The SMILES string of the molecule is CC(C)(C)OC(=O)NC1CCC(Nc2ncc(F)c(-c3cccc(N4CCCCC4=O)n3)n2)CC1. The monoisotopic (exact) mass is 484 g/mol. The average Bonchev–Trinajstić information content (AvgIpc) is 2.81. The van der Waals surface area contributed by atoms with Gasteiger partial charge in [0, 0.05) is 25.0 Å². The van der Waals surface area contributed by atoms with Gasteiger partial charge < -0.3 is 15.4 Å². The minimum absolute atomic E-state index is 0.0307. The lowest BCUT2D eigenvalue weighted by Crippen LogP contribution is -2.42. The highest BCUT2D eigenvalue weighted by molar-refractivity contribution is 5.93. The number of alkyl carbamates (subject to hydrolysis) is 1. The van der Waals surface area contributed by atoms with E-state index in [1.165, 1.54) is 0 Å². The minimum atomic E-state index is -0.574. The van der Waals surface area contributed by atoms with Gasteiger partial charge in [-0.25, -0.2) is 24.1 Å². The average molecular weight is 485 g/mol. The summed E-state index contributed by atoms with van der Waals surface area (Å²) in [6, 6.07) is 5.36. The number of anilines is 2. The molecule has 35 heavy (non-hydrogen) atoms. The number of rotatable bonds is 5. The van der Waals surface area contributed by atoms with E-state index in [1.54, 1.807) is 23.1 Å². The zero-order valence-electron chi connectivity index (χ0n) is 20.5. The number of carbonyl (C=O) groups excluding carboxylic acids is 2. The first-order valence-electron chi connectivity index (χ1n) is 12.2. The summed E-state index contributed by atoms with van der Waals surface area (Å²) in [5.41, 5.74) is -0.0822. The molecule has 1 aliphatic heterocycles. The van der Waals surface area contributed by atoms with Gasteiger partial charge in [-0.1, -0.05) is 6.07 Å². The fourth-order valence-electron chi connectivity index (χ4n) is 4.41. The number of carbonyl (C=O) groups is 2. The molecule has 3 heterocycles. The molecular formula is C25H33FN6O3. The quantitative estimate of drug-likeness (QED) is 0.646. The summed E-state index contributed by atoms with van der Waals surface area (Å²) in [6.45, 7) is 6.12. The smallest absolute Gasteiger partial charge is 0.407 e. The number of hydrogen-bond donors (Lipinski definition) is 2. The van der Waals surface area contributed by atoms with Crippen LogP contribution in [0, 0.1) is 5.82 Å². The third-order valence-corrected chi connectivity index (χ3v) is 6.10. The first-order chi connectivity index (χ1) is 16.7. The summed E-state index contributed by atoms with van der Waals surface area (Å²) in [5.74, 6) is 0.292. The number of aromatic nitrogens is 3. The number of amides is 2. The molecule has 4 rings (SSSR count). The fourth-order valence-corrected chi connectivity index (χ4v) is 4.41. The predicted octanol–water partition coefficient (Wildman–Crippen LogP) is 4.44. The van der Waals surface area contributed by atoms with Gasteiger partial charge in [0.2, 0.25) is 11.9 Å². The van der Waals surface area contributed by atoms with Crippen molar-refractivity contribution >= 4 is 23.8 Å². The maximum atomic E-state index is 14.6. The van der Waals surface area contributed by atoms with E-state index in [2.05, 4.69) is 25.6 Å². The fraction of sp³-hybridized carbons (Fsp3) is 0.560. The molecule has 9 nitrogen and oxygen atoms in total. The van der Waals surface area contributed by atoms with Crippen LogP contribution in [0.15, 0.2) is 24.4 Å². The Balaban J connectivity index is 1.39. The minimum Gasteiger partial charge on any atom is -0.444 e. The second-order valence-corrected chi connectivity index (χ2v) is 10.1. The second-order valence-electron chi connectivity index (χ2n) is 10.1. The van der Waals surface area contributed by atoms with Gasteiger partial charge in [-0.05, 0) is 71.4 Å². The lowest BCUT2D eigenvalue weighted by Gasteiger charge is -2.30.